The maximum Gasteiger partial charge on any atom is 0.311 e. The SMILES string of the molecule is COc1ccccc1N1CCN([C@H](c2cccs2)[C@@H](C)NC(=O)C(=O)N2CCCCC2)CC1. The van der Waals surface area contributed by atoms with Gasteiger partial charge in [0.25, 0.3) is 0 Å². The molecule has 3 heterocycles. The molecule has 2 atom stereocenters. The number of likely N-dealkylation sites (tertiary alicyclic amines) is 1. The molecule has 2 amide bonds. The van der Waals surface area contributed by atoms with E-state index in [4.69, 9.17) is 4.74 Å². The van der Waals surface area contributed by atoms with E-state index in [-0.39, 0.29) is 12.1 Å². The van der Waals surface area contributed by atoms with Crippen LogP contribution in [0.3, 0.4) is 0 Å². The summed E-state index contributed by atoms with van der Waals surface area (Å²) in [4.78, 5) is 33.1. The molecule has 7 nitrogen and oxygen atoms in total. The van der Waals surface area contributed by atoms with Gasteiger partial charge in [-0.25, -0.2) is 0 Å². The maximum atomic E-state index is 12.8. The molecule has 1 aromatic heterocycles. The van der Waals surface area contributed by atoms with Crippen LogP contribution in [0.4, 0.5) is 5.69 Å². The largest absolute Gasteiger partial charge is 0.495 e. The molecule has 0 radical (unpaired) electrons. The Morgan fingerprint density at radius 1 is 0.970 bits per heavy atom. The molecular formula is C25H34N4O3S. The van der Waals surface area contributed by atoms with Crippen molar-refractivity contribution in [3.63, 3.8) is 0 Å². The van der Waals surface area contributed by atoms with Crippen molar-refractivity contribution >= 4 is 28.8 Å². The molecule has 33 heavy (non-hydrogen) atoms. The van der Waals surface area contributed by atoms with Gasteiger partial charge in [-0.1, -0.05) is 18.2 Å². The Kier molecular flexibility index (Phi) is 7.88. The second-order valence-corrected chi connectivity index (χ2v) is 9.75. The van der Waals surface area contributed by atoms with E-state index < -0.39 is 11.8 Å². The van der Waals surface area contributed by atoms with E-state index in [0.717, 1.165) is 56.9 Å². The Hall–Kier alpha value is -2.58. The summed E-state index contributed by atoms with van der Waals surface area (Å²) in [5, 5.41) is 5.10. The first-order valence-corrected chi connectivity index (χ1v) is 12.7. The topological polar surface area (TPSA) is 65.1 Å². The second-order valence-electron chi connectivity index (χ2n) is 8.77. The number of piperazine rings is 1. The highest BCUT2D eigenvalue weighted by molar-refractivity contribution is 7.10. The molecule has 0 bridgehead atoms. The molecule has 8 heteroatoms. The fraction of sp³-hybridized carbons (Fsp3) is 0.520. The van der Waals surface area contributed by atoms with E-state index >= 15 is 0 Å². The van der Waals surface area contributed by atoms with E-state index in [1.54, 1.807) is 23.3 Å². The van der Waals surface area contributed by atoms with Crippen LogP contribution >= 0.6 is 11.3 Å². The van der Waals surface area contributed by atoms with Gasteiger partial charge < -0.3 is 19.9 Å². The fourth-order valence-corrected chi connectivity index (χ4v) is 5.89. The van der Waals surface area contributed by atoms with Gasteiger partial charge in [0.1, 0.15) is 5.75 Å². The number of hydrogen-bond donors (Lipinski definition) is 1. The van der Waals surface area contributed by atoms with Crippen LogP contribution in [0.2, 0.25) is 0 Å². The third-order valence-corrected chi connectivity index (χ3v) is 7.58. The van der Waals surface area contributed by atoms with Gasteiger partial charge in [0, 0.05) is 50.2 Å². The van der Waals surface area contributed by atoms with Crippen molar-refractivity contribution in [1.82, 2.24) is 15.1 Å². The van der Waals surface area contributed by atoms with E-state index in [0.29, 0.717) is 13.1 Å². The van der Waals surface area contributed by atoms with E-state index in [2.05, 4.69) is 32.6 Å². The normalized spacial score (nSPS) is 19.1. The molecule has 0 saturated carbocycles. The molecule has 2 fully saturated rings. The van der Waals surface area contributed by atoms with Gasteiger partial charge in [0.2, 0.25) is 0 Å². The second kappa shape index (κ2) is 11.0. The summed E-state index contributed by atoms with van der Waals surface area (Å²) in [5.74, 6) is 0.00342. The van der Waals surface area contributed by atoms with Crippen LogP contribution in [-0.4, -0.2) is 74.0 Å². The predicted molar refractivity (Wildman–Crippen MR) is 132 cm³/mol. The minimum absolute atomic E-state index is 0.0305. The smallest absolute Gasteiger partial charge is 0.311 e. The number of methoxy groups -OCH3 is 1. The number of nitrogens with zero attached hydrogens (tertiary/aromatic N) is 3. The minimum Gasteiger partial charge on any atom is -0.495 e. The molecule has 1 aromatic carbocycles. The Bertz CT molecular complexity index is 921. The van der Waals surface area contributed by atoms with Crippen LogP contribution in [0.15, 0.2) is 41.8 Å². The summed E-state index contributed by atoms with van der Waals surface area (Å²) in [6.07, 6.45) is 3.08. The Morgan fingerprint density at radius 3 is 2.36 bits per heavy atom. The number of anilines is 1. The third-order valence-electron chi connectivity index (χ3n) is 6.64. The number of ether oxygens (including phenoxy) is 1. The van der Waals surface area contributed by atoms with Crippen molar-refractivity contribution in [2.75, 3.05) is 51.3 Å². The number of benzene rings is 1. The van der Waals surface area contributed by atoms with E-state index in [1.165, 1.54) is 4.88 Å². The highest BCUT2D eigenvalue weighted by Crippen LogP contribution is 2.32. The average Bonchev–Trinajstić information content (AvgIpc) is 3.39. The molecular weight excluding hydrogens is 436 g/mol. The number of carbonyl (C=O) groups excluding carboxylic acids is 2. The molecule has 0 aliphatic carbocycles. The van der Waals surface area contributed by atoms with Gasteiger partial charge in [0.15, 0.2) is 0 Å². The highest BCUT2D eigenvalue weighted by atomic mass is 32.1. The van der Waals surface area contributed by atoms with Crippen molar-refractivity contribution in [3.05, 3.63) is 46.7 Å². The van der Waals surface area contributed by atoms with Crippen LogP contribution < -0.4 is 15.0 Å². The number of piperidine rings is 1. The maximum absolute atomic E-state index is 12.8. The molecule has 178 valence electrons. The molecule has 2 aliphatic rings. The van der Waals surface area contributed by atoms with Crippen molar-refractivity contribution < 1.29 is 14.3 Å². The van der Waals surface area contributed by atoms with Gasteiger partial charge in [-0.15, -0.1) is 11.3 Å². The predicted octanol–water partition coefficient (Wildman–Crippen LogP) is 3.14. The first-order valence-electron chi connectivity index (χ1n) is 11.8. The van der Waals surface area contributed by atoms with E-state index in [9.17, 15) is 9.59 Å². The number of hydrogen-bond acceptors (Lipinski definition) is 6. The zero-order chi connectivity index (χ0) is 23.2. The van der Waals surface area contributed by atoms with Gasteiger partial charge in [-0.2, -0.15) is 0 Å². The fourth-order valence-electron chi connectivity index (χ4n) is 4.92. The number of nitrogens with one attached hydrogen (secondary N) is 1. The quantitative estimate of drug-likeness (QED) is 0.657. The van der Waals surface area contributed by atoms with Crippen molar-refractivity contribution in [2.45, 2.75) is 38.3 Å². The number of carbonyl (C=O) groups is 2. The van der Waals surface area contributed by atoms with Crippen molar-refractivity contribution in [2.24, 2.45) is 0 Å². The van der Waals surface area contributed by atoms with Crippen molar-refractivity contribution in [1.29, 1.82) is 0 Å². The summed E-state index contributed by atoms with van der Waals surface area (Å²) in [7, 11) is 1.71. The number of rotatable bonds is 6. The van der Waals surface area contributed by atoms with Crippen LogP contribution in [-0.2, 0) is 9.59 Å². The Balaban J connectivity index is 1.42. The highest BCUT2D eigenvalue weighted by Gasteiger charge is 2.33. The number of amides is 2. The van der Waals surface area contributed by atoms with Crippen LogP contribution in [0.5, 0.6) is 5.75 Å². The molecule has 0 spiro atoms. The molecule has 2 aromatic rings. The Labute approximate surface area is 200 Å². The van der Waals surface area contributed by atoms with Crippen LogP contribution in [0, 0.1) is 0 Å². The summed E-state index contributed by atoms with van der Waals surface area (Å²) in [5.41, 5.74) is 1.11. The monoisotopic (exact) mass is 470 g/mol. The number of thiophene rings is 1. The summed E-state index contributed by atoms with van der Waals surface area (Å²) < 4.78 is 5.55. The first kappa shape index (κ1) is 23.6. The zero-order valence-corrected chi connectivity index (χ0v) is 20.4. The van der Waals surface area contributed by atoms with Crippen LogP contribution in [0.25, 0.3) is 0 Å². The molecule has 2 aliphatic heterocycles. The van der Waals surface area contributed by atoms with Gasteiger partial charge in [-0.05, 0) is 49.8 Å². The third kappa shape index (κ3) is 5.50. The molecule has 4 rings (SSSR count). The summed E-state index contributed by atoms with van der Waals surface area (Å²) >= 11 is 1.70. The standard InChI is InChI=1S/C25H34N4O3S/c1-19(26-24(30)25(31)29-12-6-3-7-13-29)23(22-11-8-18-33-22)28-16-14-27(15-17-28)20-9-4-5-10-21(20)32-2/h4-5,8-11,18-19,23H,3,6-7,12-17H2,1-2H3,(H,26,30)/t19-,23+/m1/s1. The van der Waals surface area contributed by atoms with Crippen molar-refractivity contribution in [3.8, 4) is 5.75 Å². The molecule has 1 N–H and O–H groups in total. The molecule has 2 saturated heterocycles. The van der Waals surface area contributed by atoms with Crippen LogP contribution in [0.1, 0.15) is 37.1 Å². The summed E-state index contributed by atoms with van der Waals surface area (Å²) in [6.45, 7) is 6.84. The molecule has 0 unspecified atom stereocenters. The minimum atomic E-state index is -0.487. The lowest BCUT2D eigenvalue weighted by molar-refractivity contribution is -0.147. The van der Waals surface area contributed by atoms with Gasteiger partial charge in [0.05, 0.1) is 18.8 Å². The lowest BCUT2D eigenvalue weighted by atomic mass is 10.0. The van der Waals surface area contributed by atoms with Gasteiger partial charge >= 0.3 is 11.8 Å². The number of para-hydroxylation sites is 2. The summed E-state index contributed by atoms with van der Waals surface area (Å²) in [6, 6.07) is 12.1. The van der Waals surface area contributed by atoms with E-state index in [1.807, 2.05) is 31.2 Å². The average molecular weight is 471 g/mol. The Morgan fingerprint density at radius 2 is 1.70 bits per heavy atom. The lowest BCUT2D eigenvalue weighted by Crippen LogP contribution is -2.54. The lowest BCUT2D eigenvalue weighted by Gasteiger charge is -2.42. The van der Waals surface area contributed by atoms with Gasteiger partial charge in [-0.3, -0.25) is 14.5 Å². The zero-order valence-electron chi connectivity index (χ0n) is 19.5. The first-order chi connectivity index (χ1) is 16.1.